The average Bonchev–Trinajstić information content (AvgIpc) is 2.01. The summed E-state index contributed by atoms with van der Waals surface area (Å²) in [6, 6.07) is 0. The maximum Gasteiger partial charge on any atom is -0.0351 e. The van der Waals surface area contributed by atoms with Crippen LogP contribution in [0.15, 0.2) is 25.3 Å². The molecule has 0 heterocycles. The largest absolute Gasteiger partial charge is 0.103 e. The molecule has 0 aromatic carbocycles. The summed E-state index contributed by atoms with van der Waals surface area (Å²) in [5, 5.41) is 0. The van der Waals surface area contributed by atoms with Crippen molar-refractivity contribution in [1.82, 2.24) is 0 Å². The van der Waals surface area contributed by atoms with Crippen molar-refractivity contribution in [2.24, 2.45) is 5.92 Å². The van der Waals surface area contributed by atoms with Crippen molar-refractivity contribution < 1.29 is 0 Å². The van der Waals surface area contributed by atoms with E-state index in [4.69, 9.17) is 0 Å². The van der Waals surface area contributed by atoms with Gasteiger partial charge in [-0.15, -0.1) is 13.2 Å². The van der Waals surface area contributed by atoms with Crippen LogP contribution in [-0.2, 0) is 0 Å². The van der Waals surface area contributed by atoms with E-state index in [-0.39, 0.29) is 0 Å². The monoisotopic (exact) mass is 152 g/mol. The SMILES string of the molecule is C=CCCCC(C)CCC=C. The van der Waals surface area contributed by atoms with E-state index in [1.807, 2.05) is 12.2 Å². The molecule has 0 nitrogen and oxygen atoms in total. The van der Waals surface area contributed by atoms with E-state index in [0.29, 0.717) is 0 Å². The van der Waals surface area contributed by atoms with Crippen LogP contribution in [0.3, 0.4) is 0 Å². The van der Waals surface area contributed by atoms with Crippen LogP contribution in [0.1, 0.15) is 39.0 Å². The second-order valence-electron chi connectivity index (χ2n) is 3.19. The van der Waals surface area contributed by atoms with Gasteiger partial charge in [-0.2, -0.15) is 0 Å². The summed E-state index contributed by atoms with van der Waals surface area (Å²) in [4.78, 5) is 0. The molecule has 0 aliphatic rings. The second-order valence-corrected chi connectivity index (χ2v) is 3.19. The molecule has 64 valence electrons. The highest BCUT2D eigenvalue weighted by Gasteiger charge is 1.98. The van der Waals surface area contributed by atoms with Gasteiger partial charge < -0.3 is 0 Å². The molecule has 0 fully saturated rings. The summed E-state index contributed by atoms with van der Waals surface area (Å²) in [6.45, 7) is 9.73. The molecule has 1 atom stereocenters. The summed E-state index contributed by atoms with van der Waals surface area (Å²) in [7, 11) is 0. The Morgan fingerprint density at radius 3 is 2.27 bits per heavy atom. The van der Waals surface area contributed by atoms with E-state index in [9.17, 15) is 0 Å². The average molecular weight is 152 g/mol. The number of allylic oxidation sites excluding steroid dienone is 2. The van der Waals surface area contributed by atoms with Gasteiger partial charge in [0.2, 0.25) is 0 Å². The fourth-order valence-electron chi connectivity index (χ4n) is 1.16. The van der Waals surface area contributed by atoms with Gasteiger partial charge >= 0.3 is 0 Å². The van der Waals surface area contributed by atoms with Gasteiger partial charge in [0.15, 0.2) is 0 Å². The Kier molecular flexibility index (Phi) is 7.23. The molecule has 0 aromatic rings. The van der Waals surface area contributed by atoms with Gasteiger partial charge in [-0.05, 0) is 31.6 Å². The van der Waals surface area contributed by atoms with E-state index in [2.05, 4.69) is 20.1 Å². The van der Waals surface area contributed by atoms with Crippen molar-refractivity contribution in [3.05, 3.63) is 25.3 Å². The van der Waals surface area contributed by atoms with Crippen molar-refractivity contribution in [2.75, 3.05) is 0 Å². The first kappa shape index (κ1) is 10.5. The van der Waals surface area contributed by atoms with E-state index < -0.39 is 0 Å². The molecular weight excluding hydrogens is 132 g/mol. The molecule has 0 heteroatoms. The van der Waals surface area contributed by atoms with Crippen LogP contribution in [0.4, 0.5) is 0 Å². The normalized spacial score (nSPS) is 12.5. The molecule has 11 heavy (non-hydrogen) atoms. The molecule has 0 saturated carbocycles. The van der Waals surface area contributed by atoms with Gasteiger partial charge in [0, 0.05) is 0 Å². The summed E-state index contributed by atoms with van der Waals surface area (Å²) in [5.74, 6) is 0.855. The maximum absolute atomic E-state index is 3.71. The second kappa shape index (κ2) is 7.59. The first-order valence-electron chi connectivity index (χ1n) is 4.53. The van der Waals surface area contributed by atoms with Crippen molar-refractivity contribution in [3.8, 4) is 0 Å². The number of unbranched alkanes of at least 4 members (excludes halogenated alkanes) is 1. The Morgan fingerprint density at radius 1 is 1.09 bits per heavy atom. The highest BCUT2D eigenvalue weighted by molar-refractivity contribution is 4.70. The summed E-state index contributed by atoms with van der Waals surface area (Å²) in [6.07, 6.45) is 10.3. The predicted octanol–water partition coefficient (Wildman–Crippen LogP) is 3.95. The fraction of sp³-hybridized carbons (Fsp3) is 0.636. The van der Waals surface area contributed by atoms with Crippen molar-refractivity contribution in [2.45, 2.75) is 39.0 Å². The Hall–Kier alpha value is -0.520. The standard InChI is InChI=1S/C11H20/c1-4-6-8-10-11(3)9-7-5-2/h4-5,11H,1-2,6-10H2,3H3. The highest BCUT2D eigenvalue weighted by Crippen LogP contribution is 2.13. The zero-order valence-corrected chi connectivity index (χ0v) is 7.68. The predicted molar refractivity (Wildman–Crippen MR) is 52.6 cm³/mol. The van der Waals surface area contributed by atoms with Gasteiger partial charge in [0.1, 0.15) is 0 Å². The minimum atomic E-state index is 0.855. The first-order chi connectivity index (χ1) is 5.31. The molecule has 0 N–H and O–H groups in total. The molecule has 0 radical (unpaired) electrons. The number of rotatable bonds is 7. The molecular formula is C11H20. The van der Waals surface area contributed by atoms with Crippen LogP contribution in [0, 0.1) is 5.92 Å². The molecule has 1 unspecified atom stereocenters. The zero-order chi connectivity index (χ0) is 8.53. The van der Waals surface area contributed by atoms with E-state index in [0.717, 1.165) is 12.3 Å². The zero-order valence-electron chi connectivity index (χ0n) is 7.68. The molecule has 0 aliphatic heterocycles. The fourth-order valence-corrected chi connectivity index (χ4v) is 1.16. The summed E-state index contributed by atoms with van der Waals surface area (Å²) >= 11 is 0. The van der Waals surface area contributed by atoms with E-state index >= 15 is 0 Å². The van der Waals surface area contributed by atoms with Crippen LogP contribution < -0.4 is 0 Å². The third-order valence-electron chi connectivity index (χ3n) is 1.97. The first-order valence-corrected chi connectivity index (χ1v) is 4.53. The minimum absolute atomic E-state index is 0.855. The van der Waals surface area contributed by atoms with Gasteiger partial charge in [-0.3, -0.25) is 0 Å². The smallest absolute Gasteiger partial charge is 0.0351 e. The summed E-state index contributed by atoms with van der Waals surface area (Å²) < 4.78 is 0. The van der Waals surface area contributed by atoms with Crippen LogP contribution in [0.5, 0.6) is 0 Å². The van der Waals surface area contributed by atoms with E-state index in [1.54, 1.807) is 0 Å². The Balaban J connectivity index is 3.14. The third kappa shape index (κ3) is 7.38. The van der Waals surface area contributed by atoms with Crippen molar-refractivity contribution in [3.63, 3.8) is 0 Å². The molecule has 0 amide bonds. The molecule has 0 aliphatic carbocycles. The van der Waals surface area contributed by atoms with Gasteiger partial charge in [0.25, 0.3) is 0 Å². The van der Waals surface area contributed by atoms with Gasteiger partial charge in [0.05, 0.1) is 0 Å². The molecule has 0 aromatic heterocycles. The Bertz CT molecular complexity index is 103. The Morgan fingerprint density at radius 2 is 1.73 bits per heavy atom. The van der Waals surface area contributed by atoms with Crippen LogP contribution in [-0.4, -0.2) is 0 Å². The van der Waals surface area contributed by atoms with Crippen molar-refractivity contribution in [1.29, 1.82) is 0 Å². The Labute approximate surface area is 71.0 Å². The lowest BCUT2D eigenvalue weighted by atomic mass is 9.99. The lowest BCUT2D eigenvalue weighted by molar-refractivity contribution is 0.481. The molecule has 0 rings (SSSR count). The highest BCUT2D eigenvalue weighted by atomic mass is 14.0. The molecule has 0 saturated heterocycles. The lowest BCUT2D eigenvalue weighted by Gasteiger charge is -2.07. The maximum atomic E-state index is 3.71. The lowest BCUT2D eigenvalue weighted by Crippen LogP contribution is -1.92. The molecule has 0 spiro atoms. The number of hydrogen-bond acceptors (Lipinski definition) is 0. The van der Waals surface area contributed by atoms with E-state index in [1.165, 1.54) is 25.7 Å². The number of hydrogen-bond donors (Lipinski definition) is 0. The van der Waals surface area contributed by atoms with Crippen molar-refractivity contribution >= 4 is 0 Å². The van der Waals surface area contributed by atoms with Crippen LogP contribution in [0.2, 0.25) is 0 Å². The third-order valence-corrected chi connectivity index (χ3v) is 1.97. The quantitative estimate of drug-likeness (QED) is 0.383. The van der Waals surface area contributed by atoms with Gasteiger partial charge in [-0.1, -0.05) is 25.5 Å². The summed E-state index contributed by atoms with van der Waals surface area (Å²) in [5.41, 5.74) is 0. The minimum Gasteiger partial charge on any atom is -0.103 e. The topological polar surface area (TPSA) is 0 Å². The van der Waals surface area contributed by atoms with Crippen LogP contribution in [0.25, 0.3) is 0 Å². The van der Waals surface area contributed by atoms with Crippen LogP contribution >= 0.6 is 0 Å². The molecule has 0 bridgehead atoms. The van der Waals surface area contributed by atoms with Gasteiger partial charge in [-0.25, -0.2) is 0 Å².